The molecule has 0 bridgehead atoms. The lowest BCUT2D eigenvalue weighted by atomic mass is 10.2. The van der Waals surface area contributed by atoms with Crippen LogP contribution in [0.5, 0.6) is 0 Å². The quantitative estimate of drug-likeness (QED) is 0.724. The molecule has 25 heavy (non-hydrogen) atoms. The van der Waals surface area contributed by atoms with E-state index in [0.717, 1.165) is 23.9 Å². The van der Waals surface area contributed by atoms with E-state index in [9.17, 15) is 18.4 Å². The summed E-state index contributed by atoms with van der Waals surface area (Å²) in [5.41, 5.74) is 0.409. The highest BCUT2D eigenvalue weighted by Gasteiger charge is 2.30. The van der Waals surface area contributed by atoms with Gasteiger partial charge in [0.15, 0.2) is 0 Å². The van der Waals surface area contributed by atoms with Crippen LogP contribution in [-0.2, 0) is 4.79 Å². The molecule has 2 N–H and O–H groups in total. The van der Waals surface area contributed by atoms with E-state index in [1.54, 1.807) is 0 Å². The first kappa shape index (κ1) is 19.2. The fraction of sp³-hybridized carbons (Fsp3) is 0.176. The van der Waals surface area contributed by atoms with Gasteiger partial charge in [-0.15, -0.1) is 11.8 Å². The van der Waals surface area contributed by atoms with Crippen molar-refractivity contribution in [3.8, 4) is 0 Å². The lowest BCUT2D eigenvalue weighted by Crippen LogP contribution is -2.27. The van der Waals surface area contributed by atoms with E-state index in [-0.39, 0.29) is 21.2 Å². The van der Waals surface area contributed by atoms with E-state index in [2.05, 4.69) is 5.32 Å². The fourth-order valence-corrected chi connectivity index (χ4v) is 2.99. The fourth-order valence-electron chi connectivity index (χ4n) is 1.82. The van der Waals surface area contributed by atoms with Gasteiger partial charge >= 0.3 is 5.97 Å². The average Bonchev–Trinajstić information content (AvgIpc) is 2.52. The van der Waals surface area contributed by atoms with Crippen LogP contribution in [-0.4, -0.2) is 21.7 Å². The highest BCUT2D eigenvalue weighted by Crippen LogP contribution is 2.35. The van der Waals surface area contributed by atoms with Crippen molar-refractivity contribution in [2.45, 2.75) is 23.5 Å². The van der Waals surface area contributed by atoms with Crippen LogP contribution in [0.25, 0.3) is 0 Å². The molecule has 0 unspecified atom stereocenters. The molecule has 1 amide bonds. The molecule has 0 aromatic heterocycles. The number of carboxylic acids is 1. The molecule has 0 aliphatic rings. The maximum absolute atomic E-state index is 13.9. The summed E-state index contributed by atoms with van der Waals surface area (Å²) < 4.78 is 25.8. The summed E-state index contributed by atoms with van der Waals surface area (Å²) in [7, 11) is 0. The maximum atomic E-state index is 13.9. The number of nitrogens with one attached hydrogen (secondary N) is 1. The Morgan fingerprint density at radius 3 is 2.36 bits per heavy atom. The Balaban J connectivity index is 2.24. The molecule has 2 rings (SSSR count). The predicted octanol–water partition coefficient (Wildman–Crippen LogP) is 4.83. The van der Waals surface area contributed by atoms with Gasteiger partial charge in [-0.25, -0.2) is 8.78 Å². The number of aliphatic carboxylic acids is 1. The van der Waals surface area contributed by atoms with E-state index in [1.165, 1.54) is 38.1 Å². The van der Waals surface area contributed by atoms with Crippen LogP contribution in [0.1, 0.15) is 24.2 Å². The molecule has 0 radical (unpaired) electrons. The summed E-state index contributed by atoms with van der Waals surface area (Å²) >= 11 is 6.45. The lowest BCUT2D eigenvalue weighted by Gasteiger charge is -2.19. The number of anilines is 1. The molecule has 0 atom stereocenters. The zero-order chi connectivity index (χ0) is 18.8. The van der Waals surface area contributed by atoms with Gasteiger partial charge in [0.25, 0.3) is 5.91 Å². The molecule has 0 saturated heterocycles. The molecular weight excluding hydrogens is 372 g/mol. The maximum Gasteiger partial charge on any atom is 0.319 e. The summed E-state index contributed by atoms with van der Waals surface area (Å²) in [6, 6.07) is 7.33. The van der Waals surface area contributed by atoms with Gasteiger partial charge in [-0.05, 0) is 50.2 Å². The number of hydrogen-bond acceptors (Lipinski definition) is 3. The Morgan fingerprint density at radius 1 is 1.12 bits per heavy atom. The number of carbonyl (C=O) groups excluding carboxylic acids is 1. The highest BCUT2D eigenvalue weighted by molar-refractivity contribution is 8.01. The number of hydrogen-bond donors (Lipinski definition) is 2. The van der Waals surface area contributed by atoms with Crippen LogP contribution >= 0.6 is 23.4 Å². The number of halogens is 3. The van der Waals surface area contributed by atoms with Crippen molar-refractivity contribution in [3.63, 3.8) is 0 Å². The minimum absolute atomic E-state index is 0.0391. The minimum Gasteiger partial charge on any atom is -0.480 e. The Morgan fingerprint density at radius 2 is 1.76 bits per heavy atom. The molecular formula is C17H14ClF2NO3S. The first-order valence-corrected chi connectivity index (χ1v) is 8.28. The molecule has 0 spiro atoms. The van der Waals surface area contributed by atoms with Crippen molar-refractivity contribution in [2.24, 2.45) is 0 Å². The third kappa shape index (κ3) is 4.70. The molecule has 2 aromatic rings. The van der Waals surface area contributed by atoms with Gasteiger partial charge in [0.05, 0.1) is 5.02 Å². The highest BCUT2D eigenvalue weighted by atomic mass is 35.5. The summed E-state index contributed by atoms with van der Waals surface area (Å²) in [6.07, 6.45) is 0. The molecule has 8 heteroatoms. The molecule has 0 aliphatic heterocycles. The predicted molar refractivity (Wildman–Crippen MR) is 93.3 cm³/mol. The minimum atomic E-state index is -1.26. The summed E-state index contributed by atoms with van der Waals surface area (Å²) in [4.78, 5) is 23.5. The van der Waals surface area contributed by atoms with Gasteiger partial charge in [-0.1, -0.05) is 11.6 Å². The van der Waals surface area contributed by atoms with Crippen LogP contribution in [0.2, 0.25) is 5.02 Å². The molecule has 4 nitrogen and oxygen atoms in total. The number of benzene rings is 2. The lowest BCUT2D eigenvalue weighted by molar-refractivity contribution is -0.138. The summed E-state index contributed by atoms with van der Waals surface area (Å²) in [5.74, 6) is -2.90. The van der Waals surface area contributed by atoms with E-state index < -0.39 is 28.3 Å². The van der Waals surface area contributed by atoms with Crippen LogP contribution in [0.3, 0.4) is 0 Å². The van der Waals surface area contributed by atoms with Crippen molar-refractivity contribution in [1.82, 2.24) is 0 Å². The number of carboxylic acid groups (broad SMARTS) is 1. The normalized spacial score (nSPS) is 11.2. The van der Waals surface area contributed by atoms with Gasteiger partial charge < -0.3 is 10.4 Å². The zero-order valence-corrected chi connectivity index (χ0v) is 14.8. The summed E-state index contributed by atoms with van der Waals surface area (Å²) in [6.45, 7) is 2.87. The van der Waals surface area contributed by atoms with Crippen LogP contribution in [0, 0.1) is 11.6 Å². The third-order valence-corrected chi connectivity index (χ3v) is 4.76. The Labute approximate surface area is 152 Å². The first-order valence-electron chi connectivity index (χ1n) is 7.08. The second-order valence-corrected chi connectivity index (χ2v) is 7.72. The topological polar surface area (TPSA) is 66.4 Å². The second kappa shape index (κ2) is 7.41. The Hall–Kier alpha value is -2.12. The standard InChI is InChI=1S/C17H14ClF2NO3S/c1-17(2,16(23)24)25-14-7-9(3-5-13(14)20)15(22)21-10-4-6-12(19)11(18)8-10/h3-8H,1-2H3,(H,21,22)(H,23,24). The van der Waals surface area contributed by atoms with Gasteiger partial charge in [-0.3, -0.25) is 9.59 Å². The molecule has 0 aliphatic carbocycles. The number of thioether (sulfide) groups is 1. The molecule has 0 fully saturated rings. The Kier molecular flexibility index (Phi) is 5.69. The smallest absolute Gasteiger partial charge is 0.319 e. The van der Waals surface area contributed by atoms with E-state index >= 15 is 0 Å². The molecule has 0 heterocycles. The van der Waals surface area contributed by atoms with Crippen molar-refractivity contribution in [1.29, 1.82) is 0 Å². The van der Waals surface area contributed by atoms with Gasteiger partial charge in [0, 0.05) is 16.1 Å². The monoisotopic (exact) mass is 385 g/mol. The van der Waals surface area contributed by atoms with Gasteiger partial charge in [-0.2, -0.15) is 0 Å². The second-order valence-electron chi connectivity index (χ2n) is 5.65. The number of rotatable bonds is 5. The molecule has 0 saturated carbocycles. The number of amides is 1. The SMILES string of the molecule is CC(C)(Sc1cc(C(=O)Nc2ccc(F)c(Cl)c2)ccc1F)C(=O)O. The Bertz CT molecular complexity index is 843. The van der Waals surface area contributed by atoms with E-state index in [0.29, 0.717) is 0 Å². The van der Waals surface area contributed by atoms with Crippen molar-refractivity contribution in [3.05, 3.63) is 58.6 Å². The molecule has 132 valence electrons. The molecule has 2 aromatic carbocycles. The average molecular weight is 386 g/mol. The van der Waals surface area contributed by atoms with Crippen LogP contribution in [0.4, 0.5) is 14.5 Å². The van der Waals surface area contributed by atoms with Gasteiger partial charge in [0.1, 0.15) is 16.4 Å². The van der Waals surface area contributed by atoms with Crippen LogP contribution in [0.15, 0.2) is 41.3 Å². The van der Waals surface area contributed by atoms with Crippen molar-refractivity contribution >= 4 is 40.9 Å². The van der Waals surface area contributed by atoms with Crippen molar-refractivity contribution < 1.29 is 23.5 Å². The van der Waals surface area contributed by atoms with Crippen molar-refractivity contribution in [2.75, 3.05) is 5.32 Å². The number of carbonyl (C=O) groups is 2. The van der Waals surface area contributed by atoms with Crippen LogP contribution < -0.4 is 5.32 Å². The summed E-state index contributed by atoms with van der Waals surface area (Å²) in [5, 5.41) is 11.5. The van der Waals surface area contributed by atoms with Gasteiger partial charge in [0.2, 0.25) is 0 Å². The van der Waals surface area contributed by atoms with E-state index in [1.807, 2.05) is 0 Å². The largest absolute Gasteiger partial charge is 0.480 e. The van der Waals surface area contributed by atoms with E-state index in [4.69, 9.17) is 16.7 Å². The zero-order valence-electron chi connectivity index (χ0n) is 13.3. The third-order valence-electron chi connectivity index (χ3n) is 3.25. The first-order chi connectivity index (χ1) is 11.6.